The molecular formula is C21H21FN4O. The second kappa shape index (κ2) is 8.31. The van der Waals surface area contributed by atoms with Crippen molar-refractivity contribution in [2.45, 2.75) is 13.5 Å². The smallest absolute Gasteiger partial charge is 0.259 e. The quantitative estimate of drug-likeness (QED) is 0.380. The lowest BCUT2D eigenvalue weighted by molar-refractivity contribution is -0.119. The maximum Gasteiger partial charge on any atom is 0.259 e. The number of aromatic nitrogens is 1. The number of hydrogen-bond donors (Lipinski definition) is 2. The molecular weight excluding hydrogens is 343 g/mol. The second-order valence-corrected chi connectivity index (χ2v) is 6.07. The number of allylic oxidation sites excluding steroid dienone is 1. The predicted molar refractivity (Wildman–Crippen MR) is 107 cm³/mol. The molecule has 1 amide bonds. The maximum absolute atomic E-state index is 12.9. The highest BCUT2D eigenvalue weighted by molar-refractivity contribution is 6.01. The Balaban J connectivity index is 1.67. The summed E-state index contributed by atoms with van der Waals surface area (Å²) in [5, 5.41) is 8.07. The van der Waals surface area contributed by atoms with Crippen molar-refractivity contribution < 1.29 is 9.18 Å². The minimum atomic E-state index is -0.319. The van der Waals surface area contributed by atoms with Gasteiger partial charge in [0.25, 0.3) is 5.91 Å². The van der Waals surface area contributed by atoms with E-state index in [1.807, 2.05) is 37.3 Å². The van der Waals surface area contributed by atoms with Crippen molar-refractivity contribution in [3.05, 3.63) is 78.3 Å². The molecule has 27 heavy (non-hydrogen) atoms. The summed E-state index contributed by atoms with van der Waals surface area (Å²) in [6.07, 6.45) is 3.51. The van der Waals surface area contributed by atoms with Crippen LogP contribution in [0.25, 0.3) is 10.9 Å². The number of nitrogens with one attached hydrogen (secondary N) is 2. The molecule has 0 bridgehead atoms. The van der Waals surface area contributed by atoms with E-state index in [2.05, 4.69) is 27.0 Å². The van der Waals surface area contributed by atoms with Crippen molar-refractivity contribution >= 4 is 28.7 Å². The van der Waals surface area contributed by atoms with E-state index in [9.17, 15) is 9.18 Å². The molecule has 0 unspecified atom stereocenters. The number of benzene rings is 2. The number of anilines is 1. The molecule has 0 saturated carbocycles. The summed E-state index contributed by atoms with van der Waals surface area (Å²) in [4.78, 5) is 11.9. The molecule has 6 heteroatoms. The van der Waals surface area contributed by atoms with Gasteiger partial charge in [-0.15, -0.1) is 6.58 Å². The van der Waals surface area contributed by atoms with Gasteiger partial charge in [-0.25, -0.2) is 9.82 Å². The number of hydrazone groups is 1. The molecule has 0 radical (unpaired) electrons. The van der Waals surface area contributed by atoms with Crippen molar-refractivity contribution in [3.8, 4) is 0 Å². The molecule has 138 valence electrons. The Morgan fingerprint density at radius 1 is 1.22 bits per heavy atom. The first kappa shape index (κ1) is 18.4. The van der Waals surface area contributed by atoms with Crippen molar-refractivity contribution in [2.24, 2.45) is 5.10 Å². The second-order valence-electron chi connectivity index (χ2n) is 6.07. The third-order valence-corrected chi connectivity index (χ3v) is 4.27. The summed E-state index contributed by atoms with van der Waals surface area (Å²) in [7, 11) is 0. The molecule has 1 aromatic heterocycles. The van der Waals surface area contributed by atoms with Gasteiger partial charge in [0, 0.05) is 34.4 Å². The first-order chi connectivity index (χ1) is 13.1. The lowest BCUT2D eigenvalue weighted by Gasteiger charge is -2.05. The summed E-state index contributed by atoms with van der Waals surface area (Å²) in [6, 6.07) is 13.9. The molecule has 3 rings (SSSR count). The van der Waals surface area contributed by atoms with E-state index >= 15 is 0 Å². The van der Waals surface area contributed by atoms with Gasteiger partial charge in [0.15, 0.2) is 0 Å². The summed E-state index contributed by atoms with van der Waals surface area (Å²) in [5.41, 5.74) is 6.29. The van der Waals surface area contributed by atoms with Crippen LogP contribution in [0.3, 0.4) is 0 Å². The van der Waals surface area contributed by atoms with Crippen LogP contribution in [0.2, 0.25) is 0 Å². The van der Waals surface area contributed by atoms with Gasteiger partial charge in [0.1, 0.15) is 5.82 Å². The maximum atomic E-state index is 12.9. The number of fused-ring (bicyclic) bond motifs is 1. The van der Waals surface area contributed by atoms with Gasteiger partial charge >= 0.3 is 0 Å². The molecule has 3 aromatic rings. The fourth-order valence-electron chi connectivity index (χ4n) is 2.94. The zero-order chi connectivity index (χ0) is 19.2. The number of para-hydroxylation sites is 1. The molecule has 2 aromatic carbocycles. The van der Waals surface area contributed by atoms with Crippen LogP contribution in [0.1, 0.15) is 11.3 Å². The van der Waals surface area contributed by atoms with E-state index in [0.717, 1.165) is 22.2 Å². The largest absolute Gasteiger partial charge is 0.376 e. The van der Waals surface area contributed by atoms with Gasteiger partial charge in [0.2, 0.25) is 0 Å². The Morgan fingerprint density at radius 3 is 2.70 bits per heavy atom. The lowest BCUT2D eigenvalue weighted by Crippen LogP contribution is -2.25. The van der Waals surface area contributed by atoms with Gasteiger partial charge in [-0.2, -0.15) is 5.10 Å². The molecule has 5 nitrogen and oxygen atoms in total. The number of halogens is 1. The number of carbonyl (C=O) groups excluding carboxylic acids is 1. The lowest BCUT2D eigenvalue weighted by atomic mass is 10.1. The van der Waals surface area contributed by atoms with E-state index in [-0.39, 0.29) is 18.3 Å². The molecule has 0 spiro atoms. The van der Waals surface area contributed by atoms with Crippen LogP contribution in [0, 0.1) is 12.7 Å². The molecule has 2 N–H and O–H groups in total. The van der Waals surface area contributed by atoms with Crippen LogP contribution in [0.5, 0.6) is 0 Å². The molecule has 0 atom stereocenters. The normalized spacial score (nSPS) is 11.0. The van der Waals surface area contributed by atoms with Gasteiger partial charge in [-0.05, 0) is 37.3 Å². The molecule has 0 saturated heterocycles. The Hall–Kier alpha value is -3.41. The van der Waals surface area contributed by atoms with Crippen molar-refractivity contribution in [1.29, 1.82) is 0 Å². The third-order valence-electron chi connectivity index (χ3n) is 4.27. The van der Waals surface area contributed by atoms with Gasteiger partial charge in [-0.3, -0.25) is 4.79 Å². The Bertz CT molecular complexity index is 989. The van der Waals surface area contributed by atoms with Crippen LogP contribution < -0.4 is 10.7 Å². The standard InChI is InChI=1S/C21H21FN4O/c1-3-12-26-15(2)19(18-6-4-5-7-20(18)26)13-24-25-21(27)14-23-17-10-8-16(22)9-11-17/h3-11,13,23H,1,12,14H2,2H3,(H,25,27)/b24-13-. The Kier molecular flexibility index (Phi) is 5.66. The zero-order valence-electron chi connectivity index (χ0n) is 15.1. The SMILES string of the molecule is C=CCn1c(C)c(/C=N\NC(=O)CNc2ccc(F)cc2)c2ccccc21. The molecule has 1 heterocycles. The molecule has 0 fully saturated rings. The van der Waals surface area contributed by atoms with Crippen LogP contribution in [0.15, 0.2) is 66.3 Å². The summed E-state index contributed by atoms with van der Waals surface area (Å²) >= 11 is 0. The Morgan fingerprint density at radius 2 is 1.96 bits per heavy atom. The molecule has 0 aliphatic heterocycles. The Labute approximate surface area is 157 Å². The topological polar surface area (TPSA) is 58.4 Å². The number of carbonyl (C=O) groups is 1. The average Bonchev–Trinajstić information content (AvgIpc) is 2.94. The fourth-order valence-corrected chi connectivity index (χ4v) is 2.94. The van der Waals surface area contributed by atoms with Crippen molar-refractivity contribution in [3.63, 3.8) is 0 Å². The first-order valence-corrected chi connectivity index (χ1v) is 8.60. The minimum Gasteiger partial charge on any atom is -0.376 e. The van der Waals surface area contributed by atoms with E-state index in [1.54, 1.807) is 18.3 Å². The van der Waals surface area contributed by atoms with E-state index in [0.29, 0.717) is 12.2 Å². The fraction of sp³-hybridized carbons (Fsp3) is 0.143. The first-order valence-electron chi connectivity index (χ1n) is 8.60. The molecule has 0 aliphatic carbocycles. The highest BCUT2D eigenvalue weighted by atomic mass is 19.1. The van der Waals surface area contributed by atoms with Gasteiger partial charge in [0.05, 0.1) is 12.8 Å². The highest BCUT2D eigenvalue weighted by Gasteiger charge is 2.11. The third kappa shape index (κ3) is 4.23. The number of hydrogen-bond acceptors (Lipinski definition) is 3. The van der Waals surface area contributed by atoms with Gasteiger partial charge in [-0.1, -0.05) is 24.3 Å². The average molecular weight is 364 g/mol. The van der Waals surface area contributed by atoms with E-state index in [1.165, 1.54) is 12.1 Å². The van der Waals surface area contributed by atoms with Crippen LogP contribution >= 0.6 is 0 Å². The van der Waals surface area contributed by atoms with Gasteiger partial charge < -0.3 is 9.88 Å². The summed E-state index contributed by atoms with van der Waals surface area (Å²) < 4.78 is 15.0. The summed E-state index contributed by atoms with van der Waals surface area (Å²) in [6.45, 7) is 6.57. The van der Waals surface area contributed by atoms with Crippen LogP contribution in [-0.2, 0) is 11.3 Å². The highest BCUT2D eigenvalue weighted by Crippen LogP contribution is 2.24. The van der Waals surface area contributed by atoms with Crippen molar-refractivity contribution in [1.82, 2.24) is 9.99 Å². The van der Waals surface area contributed by atoms with E-state index < -0.39 is 0 Å². The summed E-state index contributed by atoms with van der Waals surface area (Å²) in [5.74, 6) is -0.608. The molecule has 0 aliphatic rings. The van der Waals surface area contributed by atoms with Crippen LogP contribution in [-0.4, -0.2) is 23.2 Å². The monoisotopic (exact) mass is 364 g/mol. The van der Waals surface area contributed by atoms with Crippen molar-refractivity contribution in [2.75, 3.05) is 11.9 Å². The number of amides is 1. The van der Waals surface area contributed by atoms with Crippen LogP contribution in [0.4, 0.5) is 10.1 Å². The van der Waals surface area contributed by atoms with E-state index in [4.69, 9.17) is 0 Å². The minimum absolute atomic E-state index is 0.0418. The zero-order valence-corrected chi connectivity index (χ0v) is 15.1. The number of nitrogens with zero attached hydrogens (tertiary/aromatic N) is 2. The predicted octanol–water partition coefficient (Wildman–Crippen LogP) is 3.84. The number of rotatable bonds is 7.